The number of amidine groups is 1. The number of furan rings is 1. The van der Waals surface area contributed by atoms with Gasteiger partial charge in [-0.05, 0) is 66.4 Å². The van der Waals surface area contributed by atoms with Crippen LogP contribution >= 0.6 is 23.4 Å². The molecule has 1 aliphatic heterocycles. The molecule has 0 aliphatic carbocycles. The van der Waals surface area contributed by atoms with E-state index >= 15 is 0 Å². The van der Waals surface area contributed by atoms with Gasteiger partial charge in [0.25, 0.3) is 5.91 Å². The van der Waals surface area contributed by atoms with E-state index in [0.717, 1.165) is 23.9 Å². The number of benzene rings is 2. The minimum absolute atomic E-state index is 0.183. The predicted octanol–water partition coefficient (Wildman–Crippen LogP) is 6.66. The van der Waals surface area contributed by atoms with Gasteiger partial charge in [0, 0.05) is 18.7 Å². The van der Waals surface area contributed by atoms with Crippen LogP contribution in [0, 0.1) is 0 Å². The molecule has 1 saturated heterocycles. The van der Waals surface area contributed by atoms with E-state index in [9.17, 15) is 22.8 Å². The average Bonchev–Trinajstić information content (AvgIpc) is 3.47. The quantitative estimate of drug-likeness (QED) is 0.236. The highest BCUT2D eigenvalue weighted by atomic mass is 35.5. The number of hydrogen-bond acceptors (Lipinski definition) is 7. The molecule has 1 aliphatic rings. The van der Waals surface area contributed by atoms with E-state index in [1.54, 1.807) is 36.4 Å². The number of aliphatic imine (C=N–C) groups is 1. The molecule has 4 rings (SSSR count). The summed E-state index contributed by atoms with van der Waals surface area (Å²) in [5, 5.41) is 0.531. The maximum absolute atomic E-state index is 13.1. The summed E-state index contributed by atoms with van der Waals surface area (Å²) in [7, 11) is 2.74. The normalized spacial score (nSPS) is 16.1. The maximum atomic E-state index is 13.1. The fourth-order valence-corrected chi connectivity index (χ4v) is 4.67. The number of carbonyl (C=O) groups excluding carboxylic acids is 2. The number of ether oxygens (including phenoxy) is 2. The number of rotatable bonds is 7. The Morgan fingerprint density at radius 2 is 1.87 bits per heavy atom. The number of nitrogens with zero attached hydrogens (tertiary/aromatic N) is 2. The van der Waals surface area contributed by atoms with Gasteiger partial charge in [0.2, 0.25) is 0 Å². The number of hydrogen-bond donors (Lipinski definition) is 0. The molecular formula is C26H20ClF3N2O5S. The van der Waals surface area contributed by atoms with Crippen LogP contribution in [0.2, 0.25) is 5.02 Å². The lowest BCUT2D eigenvalue weighted by Gasteiger charge is -2.14. The van der Waals surface area contributed by atoms with Crippen LogP contribution in [-0.4, -0.2) is 49.3 Å². The summed E-state index contributed by atoms with van der Waals surface area (Å²) in [6.45, 7) is 0.430. The van der Waals surface area contributed by atoms with Crippen molar-refractivity contribution >= 4 is 52.2 Å². The van der Waals surface area contributed by atoms with E-state index in [2.05, 4.69) is 4.99 Å². The number of alkyl halides is 3. The first-order chi connectivity index (χ1) is 18.1. The van der Waals surface area contributed by atoms with E-state index in [0.29, 0.717) is 27.2 Å². The van der Waals surface area contributed by atoms with E-state index in [-0.39, 0.29) is 35.3 Å². The third kappa shape index (κ3) is 6.12. The van der Waals surface area contributed by atoms with Crippen LogP contribution in [0.5, 0.6) is 0 Å². The summed E-state index contributed by atoms with van der Waals surface area (Å²) in [6, 6.07) is 12.5. The second-order valence-corrected chi connectivity index (χ2v) is 9.30. The van der Waals surface area contributed by atoms with Gasteiger partial charge in [0.1, 0.15) is 11.5 Å². The SMILES string of the molecule is COCCN1C(=O)/C(=C\c2ccc(-c3ccc(Cl)c(C(=O)OC)c3)o2)SC1=Nc1ccc(C(F)(F)F)cc1. The zero-order valence-corrected chi connectivity index (χ0v) is 21.6. The van der Waals surface area contributed by atoms with Crippen molar-refractivity contribution in [2.45, 2.75) is 6.18 Å². The fraction of sp³-hybridized carbons (Fsp3) is 0.192. The molecule has 1 aromatic heterocycles. The number of halogens is 4. The molecule has 1 fully saturated rings. The second-order valence-electron chi connectivity index (χ2n) is 7.89. The molecule has 3 aromatic rings. The van der Waals surface area contributed by atoms with Crippen LogP contribution in [0.3, 0.4) is 0 Å². The van der Waals surface area contributed by atoms with Gasteiger partial charge in [-0.15, -0.1) is 0 Å². The van der Waals surface area contributed by atoms with Gasteiger partial charge < -0.3 is 13.9 Å². The molecule has 0 spiro atoms. The van der Waals surface area contributed by atoms with Gasteiger partial charge >= 0.3 is 12.1 Å². The molecule has 0 saturated carbocycles. The molecule has 0 atom stereocenters. The molecule has 2 heterocycles. The van der Waals surface area contributed by atoms with Gasteiger partial charge in [-0.2, -0.15) is 13.2 Å². The summed E-state index contributed by atoms with van der Waals surface area (Å²) in [4.78, 5) is 31.2. The van der Waals surface area contributed by atoms with E-state index in [1.807, 2.05) is 0 Å². The number of methoxy groups -OCH3 is 2. The summed E-state index contributed by atoms with van der Waals surface area (Å²) in [5.74, 6) is -0.137. The first-order valence-electron chi connectivity index (χ1n) is 11.0. The molecular weight excluding hydrogens is 545 g/mol. The molecule has 0 unspecified atom stereocenters. The zero-order valence-electron chi connectivity index (χ0n) is 20.0. The first-order valence-corrected chi connectivity index (χ1v) is 12.2. The van der Waals surface area contributed by atoms with Gasteiger partial charge in [0.05, 0.1) is 47.0 Å². The van der Waals surface area contributed by atoms with Crippen molar-refractivity contribution in [3.05, 3.63) is 81.4 Å². The van der Waals surface area contributed by atoms with Crippen molar-refractivity contribution in [1.29, 1.82) is 0 Å². The van der Waals surface area contributed by atoms with Crippen LogP contribution in [0.25, 0.3) is 17.4 Å². The number of carbonyl (C=O) groups is 2. The van der Waals surface area contributed by atoms with Crippen molar-refractivity contribution in [2.24, 2.45) is 4.99 Å². The fourth-order valence-electron chi connectivity index (χ4n) is 3.47. The van der Waals surface area contributed by atoms with Gasteiger partial charge in [-0.1, -0.05) is 11.6 Å². The summed E-state index contributed by atoms with van der Waals surface area (Å²) < 4.78 is 54.4. The lowest BCUT2D eigenvalue weighted by Crippen LogP contribution is -2.32. The Balaban J connectivity index is 1.61. The van der Waals surface area contributed by atoms with E-state index in [4.69, 9.17) is 25.5 Å². The molecule has 0 N–H and O–H groups in total. The molecule has 38 heavy (non-hydrogen) atoms. The van der Waals surface area contributed by atoms with Crippen LogP contribution < -0.4 is 0 Å². The smallest absolute Gasteiger partial charge is 0.416 e. The standard InChI is InChI=1S/C26H20ClF3N2O5S/c1-35-12-11-32-23(33)22(38-25(32)31-17-6-4-16(5-7-17)26(28,29)30)14-18-8-10-21(37-18)15-3-9-20(27)19(13-15)24(34)36-2/h3-10,13-14H,11-12H2,1-2H3/b22-14+,31-25?. The summed E-state index contributed by atoms with van der Waals surface area (Å²) >= 11 is 7.15. The molecule has 1 amide bonds. The van der Waals surface area contributed by atoms with E-state index in [1.165, 1.54) is 31.3 Å². The Morgan fingerprint density at radius 3 is 2.53 bits per heavy atom. The Bertz CT molecular complexity index is 1420. The van der Waals surface area contributed by atoms with Crippen LogP contribution in [0.1, 0.15) is 21.7 Å². The molecule has 198 valence electrons. The van der Waals surface area contributed by atoms with E-state index < -0.39 is 17.7 Å². The van der Waals surface area contributed by atoms with Gasteiger partial charge in [-0.25, -0.2) is 9.79 Å². The van der Waals surface area contributed by atoms with Gasteiger partial charge in [-0.3, -0.25) is 9.69 Å². The lowest BCUT2D eigenvalue weighted by molar-refractivity contribution is -0.137. The van der Waals surface area contributed by atoms with Crippen molar-refractivity contribution in [3.8, 4) is 11.3 Å². The second kappa shape index (κ2) is 11.5. The lowest BCUT2D eigenvalue weighted by atomic mass is 10.1. The number of amides is 1. The predicted molar refractivity (Wildman–Crippen MR) is 138 cm³/mol. The third-order valence-corrected chi connectivity index (χ3v) is 6.72. The summed E-state index contributed by atoms with van der Waals surface area (Å²) in [6.07, 6.45) is -2.92. The zero-order chi connectivity index (χ0) is 27.4. The highest BCUT2D eigenvalue weighted by Gasteiger charge is 2.34. The van der Waals surface area contributed by atoms with Crippen molar-refractivity contribution in [3.63, 3.8) is 0 Å². The molecule has 0 radical (unpaired) electrons. The largest absolute Gasteiger partial charge is 0.465 e. The monoisotopic (exact) mass is 564 g/mol. The van der Waals surface area contributed by atoms with Crippen LogP contribution in [0.4, 0.5) is 18.9 Å². The Hall–Kier alpha value is -3.54. The van der Waals surface area contributed by atoms with Crippen molar-refractivity contribution < 1.29 is 36.7 Å². The molecule has 12 heteroatoms. The molecule has 0 bridgehead atoms. The number of esters is 1. The first kappa shape index (κ1) is 27.5. The molecule has 7 nitrogen and oxygen atoms in total. The average molecular weight is 565 g/mol. The Kier molecular flexibility index (Phi) is 8.29. The Labute approximate surface area is 224 Å². The van der Waals surface area contributed by atoms with Crippen LogP contribution in [0.15, 0.2) is 68.9 Å². The third-order valence-electron chi connectivity index (χ3n) is 5.38. The topological polar surface area (TPSA) is 81.3 Å². The number of thioether (sulfide) groups is 1. The van der Waals surface area contributed by atoms with Crippen LogP contribution in [-0.2, 0) is 20.4 Å². The minimum atomic E-state index is -4.46. The van der Waals surface area contributed by atoms with Crippen molar-refractivity contribution in [2.75, 3.05) is 27.4 Å². The highest BCUT2D eigenvalue weighted by Crippen LogP contribution is 2.36. The minimum Gasteiger partial charge on any atom is -0.465 e. The maximum Gasteiger partial charge on any atom is 0.416 e. The Morgan fingerprint density at radius 1 is 1.13 bits per heavy atom. The summed E-state index contributed by atoms with van der Waals surface area (Å²) in [5.41, 5.74) is 0.237. The van der Waals surface area contributed by atoms with Gasteiger partial charge in [0.15, 0.2) is 5.17 Å². The molecule has 2 aromatic carbocycles. The van der Waals surface area contributed by atoms with Crippen molar-refractivity contribution in [1.82, 2.24) is 4.90 Å². The highest BCUT2D eigenvalue weighted by molar-refractivity contribution is 8.18.